The van der Waals surface area contributed by atoms with Crippen LogP contribution in [0.4, 0.5) is 0 Å². The molecule has 0 aliphatic heterocycles. The lowest BCUT2D eigenvalue weighted by Crippen LogP contribution is -2.19. The van der Waals surface area contributed by atoms with Crippen LogP contribution >= 0.6 is 0 Å². The molecule has 0 amide bonds. The van der Waals surface area contributed by atoms with Gasteiger partial charge in [-0.05, 0) is 24.3 Å². The summed E-state index contributed by atoms with van der Waals surface area (Å²) in [6.07, 6.45) is 1.38. The van der Waals surface area contributed by atoms with Gasteiger partial charge in [0.25, 0.3) is 5.56 Å². The monoisotopic (exact) mass is 336 g/mol. The number of carbonyl (C=O) groups is 1. The zero-order valence-corrected chi connectivity index (χ0v) is 12.8. The highest BCUT2D eigenvalue weighted by molar-refractivity contribution is 5.89. The van der Waals surface area contributed by atoms with Crippen LogP contribution in [0.2, 0.25) is 0 Å². The number of fused-ring (bicyclic) bond motifs is 1. The number of ether oxygens (including phenoxy) is 1. The first-order chi connectivity index (χ1) is 12.1. The fraction of sp³-hybridized carbons (Fsp3) is 0.0588. The van der Waals surface area contributed by atoms with Gasteiger partial charge in [0.2, 0.25) is 0 Å². The SMILES string of the molecule is N#C/C(=C(/O)COC(=O)c1ccc[nH]c1=O)c1nc2ccccc2[nH]1. The lowest BCUT2D eigenvalue weighted by atomic mass is 10.2. The molecule has 0 bridgehead atoms. The molecule has 0 unspecified atom stereocenters. The van der Waals surface area contributed by atoms with Gasteiger partial charge >= 0.3 is 5.97 Å². The average Bonchev–Trinajstić information content (AvgIpc) is 3.04. The predicted molar refractivity (Wildman–Crippen MR) is 88.6 cm³/mol. The second-order valence-corrected chi connectivity index (χ2v) is 5.03. The molecule has 8 nitrogen and oxygen atoms in total. The number of rotatable bonds is 4. The highest BCUT2D eigenvalue weighted by Gasteiger charge is 2.16. The number of H-pyrrole nitrogens is 2. The number of nitrogens with zero attached hydrogens (tertiary/aromatic N) is 2. The second-order valence-electron chi connectivity index (χ2n) is 5.03. The quantitative estimate of drug-likeness (QED) is 0.379. The van der Waals surface area contributed by atoms with E-state index in [1.165, 1.54) is 18.3 Å². The number of pyridine rings is 1. The number of imidazole rings is 1. The molecule has 3 rings (SSSR count). The molecule has 3 aromatic rings. The number of aliphatic hydroxyl groups excluding tert-OH is 1. The van der Waals surface area contributed by atoms with Gasteiger partial charge in [0, 0.05) is 6.20 Å². The smallest absolute Gasteiger partial charge is 0.344 e. The third kappa shape index (κ3) is 3.25. The fourth-order valence-electron chi connectivity index (χ4n) is 2.19. The van der Waals surface area contributed by atoms with E-state index in [0.717, 1.165) is 0 Å². The molecule has 25 heavy (non-hydrogen) atoms. The van der Waals surface area contributed by atoms with Crippen LogP contribution in [0.25, 0.3) is 16.6 Å². The van der Waals surface area contributed by atoms with Crippen LogP contribution in [0.1, 0.15) is 16.2 Å². The Morgan fingerprint density at radius 3 is 2.80 bits per heavy atom. The van der Waals surface area contributed by atoms with Crippen LogP contribution in [0.5, 0.6) is 0 Å². The van der Waals surface area contributed by atoms with Crippen LogP contribution in [-0.2, 0) is 4.74 Å². The highest BCUT2D eigenvalue weighted by Crippen LogP contribution is 2.18. The lowest BCUT2D eigenvalue weighted by Gasteiger charge is -2.05. The van der Waals surface area contributed by atoms with Crippen molar-refractivity contribution < 1.29 is 14.6 Å². The molecule has 0 aliphatic carbocycles. The van der Waals surface area contributed by atoms with Crippen LogP contribution in [-0.4, -0.2) is 32.6 Å². The van der Waals surface area contributed by atoms with E-state index in [1.807, 2.05) is 6.07 Å². The zero-order valence-electron chi connectivity index (χ0n) is 12.8. The van der Waals surface area contributed by atoms with E-state index in [-0.39, 0.29) is 17.0 Å². The molecule has 8 heteroatoms. The number of benzene rings is 1. The summed E-state index contributed by atoms with van der Waals surface area (Å²) in [6, 6.07) is 11.7. The van der Waals surface area contributed by atoms with Gasteiger partial charge in [-0.3, -0.25) is 4.79 Å². The summed E-state index contributed by atoms with van der Waals surface area (Å²) in [7, 11) is 0. The number of nitriles is 1. The number of carbonyl (C=O) groups excluding carboxylic acids is 1. The van der Waals surface area contributed by atoms with Crippen molar-refractivity contribution in [3.05, 3.63) is 70.1 Å². The number of nitrogens with one attached hydrogen (secondary N) is 2. The molecule has 0 saturated carbocycles. The number of aliphatic hydroxyl groups is 1. The van der Waals surface area contributed by atoms with Crippen molar-refractivity contribution >= 4 is 22.6 Å². The van der Waals surface area contributed by atoms with E-state index in [9.17, 15) is 20.0 Å². The maximum Gasteiger partial charge on any atom is 0.344 e. The molecule has 0 radical (unpaired) electrons. The summed E-state index contributed by atoms with van der Waals surface area (Å²) in [4.78, 5) is 32.9. The topological polar surface area (TPSA) is 132 Å². The molecule has 2 heterocycles. The molecular weight excluding hydrogens is 324 g/mol. The summed E-state index contributed by atoms with van der Waals surface area (Å²) in [5, 5.41) is 19.4. The third-order valence-electron chi connectivity index (χ3n) is 3.40. The van der Waals surface area contributed by atoms with Crippen molar-refractivity contribution in [1.29, 1.82) is 5.26 Å². The van der Waals surface area contributed by atoms with Gasteiger partial charge in [-0.2, -0.15) is 5.26 Å². The number of aromatic nitrogens is 3. The molecule has 0 saturated heterocycles. The number of para-hydroxylation sites is 2. The van der Waals surface area contributed by atoms with Gasteiger partial charge < -0.3 is 19.8 Å². The van der Waals surface area contributed by atoms with E-state index in [2.05, 4.69) is 15.0 Å². The van der Waals surface area contributed by atoms with Crippen LogP contribution < -0.4 is 5.56 Å². The molecule has 124 valence electrons. The lowest BCUT2D eigenvalue weighted by molar-refractivity contribution is 0.0500. The van der Waals surface area contributed by atoms with Gasteiger partial charge in [0.15, 0.2) is 11.6 Å². The maximum absolute atomic E-state index is 11.9. The summed E-state index contributed by atoms with van der Waals surface area (Å²) < 4.78 is 4.89. The van der Waals surface area contributed by atoms with Gasteiger partial charge in [-0.25, -0.2) is 9.78 Å². The molecule has 0 fully saturated rings. The van der Waals surface area contributed by atoms with Crippen molar-refractivity contribution in [2.24, 2.45) is 0 Å². The predicted octanol–water partition coefficient (Wildman–Crippen LogP) is 1.90. The van der Waals surface area contributed by atoms with E-state index < -0.39 is 23.9 Å². The van der Waals surface area contributed by atoms with Crippen LogP contribution in [0, 0.1) is 11.3 Å². The Morgan fingerprint density at radius 2 is 2.08 bits per heavy atom. The first kappa shape index (κ1) is 16.0. The Balaban J connectivity index is 1.82. The minimum absolute atomic E-state index is 0.147. The summed E-state index contributed by atoms with van der Waals surface area (Å²) in [5.41, 5.74) is 0.383. The second kappa shape index (κ2) is 6.72. The van der Waals surface area contributed by atoms with Crippen molar-refractivity contribution in [2.75, 3.05) is 6.61 Å². The maximum atomic E-state index is 11.9. The Bertz CT molecular complexity index is 1040. The molecule has 1 aromatic carbocycles. The summed E-state index contributed by atoms with van der Waals surface area (Å²) in [6.45, 7) is -0.562. The van der Waals surface area contributed by atoms with E-state index in [0.29, 0.717) is 11.0 Å². The number of hydrogen-bond acceptors (Lipinski definition) is 6. The fourth-order valence-corrected chi connectivity index (χ4v) is 2.19. The van der Waals surface area contributed by atoms with Gasteiger partial charge in [-0.15, -0.1) is 0 Å². The number of aromatic amines is 2. The standard InChI is InChI=1S/C17H12N4O4/c18-8-11(15-20-12-5-1-2-6-13(12)21-15)14(22)9-25-17(24)10-4-3-7-19-16(10)23/h1-7,22H,9H2,(H,19,23)(H,20,21)/b14-11-. The van der Waals surface area contributed by atoms with E-state index in [1.54, 1.807) is 24.3 Å². The minimum atomic E-state index is -0.907. The van der Waals surface area contributed by atoms with Gasteiger partial charge in [-0.1, -0.05) is 12.1 Å². The molecule has 0 spiro atoms. The largest absolute Gasteiger partial charge is 0.507 e. The minimum Gasteiger partial charge on any atom is -0.507 e. The van der Waals surface area contributed by atoms with E-state index in [4.69, 9.17) is 4.74 Å². The third-order valence-corrected chi connectivity index (χ3v) is 3.40. The van der Waals surface area contributed by atoms with Gasteiger partial charge in [0.05, 0.1) is 11.0 Å². The Hall–Kier alpha value is -3.86. The normalized spacial score (nSPS) is 11.6. The Morgan fingerprint density at radius 1 is 1.28 bits per heavy atom. The first-order valence-corrected chi connectivity index (χ1v) is 7.22. The van der Waals surface area contributed by atoms with Crippen LogP contribution in [0.15, 0.2) is 53.1 Å². The average molecular weight is 336 g/mol. The molecule has 0 aliphatic rings. The Labute approximate surface area is 141 Å². The number of esters is 1. The molecule has 2 aromatic heterocycles. The molecule has 3 N–H and O–H groups in total. The van der Waals surface area contributed by atoms with Crippen molar-refractivity contribution in [3.63, 3.8) is 0 Å². The number of allylic oxidation sites excluding steroid dienone is 1. The van der Waals surface area contributed by atoms with Crippen molar-refractivity contribution in [3.8, 4) is 6.07 Å². The number of hydrogen-bond donors (Lipinski definition) is 3. The first-order valence-electron chi connectivity index (χ1n) is 7.22. The summed E-state index contributed by atoms with van der Waals surface area (Å²) >= 11 is 0. The molecule has 0 atom stereocenters. The van der Waals surface area contributed by atoms with E-state index >= 15 is 0 Å². The Kier molecular flexibility index (Phi) is 4.30. The van der Waals surface area contributed by atoms with Crippen molar-refractivity contribution in [1.82, 2.24) is 15.0 Å². The molecular formula is C17H12N4O4. The zero-order chi connectivity index (χ0) is 17.8. The van der Waals surface area contributed by atoms with Crippen LogP contribution in [0.3, 0.4) is 0 Å². The van der Waals surface area contributed by atoms with Gasteiger partial charge in [0.1, 0.15) is 23.8 Å². The van der Waals surface area contributed by atoms with Crippen molar-refractivity contribution in [2.45, 2.75) is 0 Å². The summed E-state index contributed by atoms with van der Waals surface area (Å²) in [5.74, 6) is -1.22. The highest BCUT2D eigenvalue weighted by atomic mass is 16.5.